The van der Waals surface area contributed by atoms with Crippen molar-refractivity contribution in [3.05, 3.63) is 30.1 Å². The van der Waals surface area contributed by atoms with Crippen LogP contribution in [-0.4, -0.2) is 67.6 Å². The van der Waals surface area contributed by atoms with Crippen molar-refractivity contribution >= 4 is 11.9 Å². The topological polar surface area (TPSA) is 81.7 Å². The number of guanidine groups is 1. The zero-order valence-corrected chi connectivity index (χ0v) is 15.1. The number of likely N-dealkylation sites (tertiary alicyclic amines) is 1. The Morgan fingerprint density at radius 1 is 1.20 bits per heavy atom. The Morgan fingerprint density at radius 3 is 2.72 bits per heavy atom. The van der Waals surface area contributed by atoms with Crippen molar-refractivity contribution < 1.29 is 4.79 Å². The highest BCUT2D eigenvalue weighted by Gasteiger charge is 2.09. The summed E-state index contributed by atoms with van der Waals surface area (Å²) < 4.78 is 0. The van der Waals surface area contributed by atoms with Gasteiger partial charge in [-0.15, -0.1) is 0 Å². The van der Waals surface area contributed by atoms with Gasteiger partial charge in [-0.25, -0.2) is 0 Å². The van der Waals surface area contributed by atoms with Gasteiger partial charge in [-0.1, -0.05) is 6.42 Å². The van der Waals surface area contributed by atoms with Crippen LogP contribution in [0.2, 0.25) is 0 Å². The van der Waals surface area contributed by atoms with E-state index in [1.165, 1.54) is 32.4 Å². The van der Waals surface area contributed by atoms with Crippen molar-refractivity contribution in [1.29, 1.82) is 0 Å². The molecule has 1 aromatic heterocycles. The normalized spacial score (nSPS) is 15.6. The number of piperidine rings is 1. The fraction of sp³-hybridized carbons (Fsp3) is 0.611. The minimum absolute atomic E-state index is 0.109. The molecule has 25 heavy (non-hydrogen) atoms. The Hall–Kier alpha value is -2.15. The van der Waals surface area contributed by atoms with Crippen LogP contribution in [0.25, 0.3) is 0 Å². The van der Waals surface area contributed by atoms with Crippen LogP contribution < -0.4 is 16.0 Å². The summed E-state index contributed by atoms with van der Waals surface area (Å²) in [5.74, 6) is 0.692. The third-order valence-corrected chi connectivity index (χ3v) is 4.11. The molecule has 7 nitrogen and oxygen atoms in total. The molecule has 0 radical (unpaired) electrons. The van der Waals surface area contributed by atoms with E-state index >= 15 is 0 Å². The average molecular weight is 346 g/mol. The lowest BCUT2D eigenvalue weighted by Crippen LogP contribution is -2.42. The van der Waals surface area contributed by atoms with E-state index in [0.29, 0.717) is 18.7 Å². The fourth-order valence-corrected chi connectivity index (χ4v) is 2.78. The van der Waals surface area contributed by atoms with Crippen LogP contribution in [-0.2, 0) is 0 Å². The SMILES string of the molecule is CCNC(=NCCN1CCCCC1)NCCNC(=O)c1cccnc1. The quantitative estimate of drug-likeness (QED) is 0.369. The predicted octanol–water partition coefficient (Wildman–Crippen LogP) is 0.852. The van der Waals surface area contributed by atoms with E-state index < -0.39 is 0 Å². The number of amides is 1. The van der Waals surface area contributed by atoms with Crippen LogP contribution in [0.15, 0.2) is 29.5 Å². The lowest BCUT2D eigenvalue weighted by Gasteiger charge is -2.25. The molecule has 0 bridgehead atoms. The van der Waals surface area contributed by atoms with Crippen LogP contribution in [0, 0.1) is 0 Å². The lowest BCUT2D eigenvalue weighted by molar-refractivity contribution is 0.0954. The zero-order chi connectivity index (χ0) is 17.7. The largest absolute Gasteiger partial charge is 0.357 e. The maximum Gasteiger partial charge on any atom is 0.252 e. The summed E-state index contributed by atoms with van der Waals surface area (Å²) >= 11 is 0. The molecule has 7 heteroatoms. The number of carbonyl (C=O) groups excluding carboxylic acids is 1. The van der Waals surface area contributed by atoms with Crippen molar-refractivity contribution in [3.8, 4) is 0 Å². The number of pyridine rings is 1. The van der Waals surface area contributed by atoms with E-state index in [0.717, 1.165) is 25.6 Å². The molecule has 0 spiro atoms. The van der Waals surface area contributed by atoms with Crippen molar-refractivity contribution in [2.24, 2.45) is 4.99 Å². The second-order valence-electron chi connectivity index (χ2n) is 6.09. The second kappa shape index (κ2) is 11.4. The van der Waals surface area contributed by atoms with Gasteiger partial charge >= 0.3 is 0 Å². The number of hydrogen-bond donors (Lipinski definition) is 3. The molecule has 0 unspecified atom stereocenters. The smallest absolute Gasteiger partial charge is 0.252 e. The highest BCUT2D eigenvalue weighted by Crippen LogP contribution is 2.07. The van der Waals surface area contributed by atoms with Gasteiger partial charge in [0.05, 0.1) is 12.1 Å². The number of hydrogen-bond acceptors (Lipinski definition) is 4. The minimum atomic E-state index is -0.109. The fourth-order valence-electron chi connectivity index (χ4n) is 2.78. The number of rotatable bonds is 8. The Balaban J connectivity index is 1.66. The maximum atomic E-state index is 11.9. The van der Waals surface area contributed by atoms with Crippen LogP contribution in [0.4, 0.5) is 0 Å². The average Bonchev–Trinajstić information content (AvgIpc) is 2.66. The predicted molar refractivity (Wildman–Crippen MR) is 101 cm³/mol. The maximum absolute atomic E-state index is 11.9. The van der Waals surface area contributed by atoms with E-state index in [1.807, 2.05) is 6.92 Å². The molecule has 1 aromatic rings. The molecule has 2 heterocycles. The van der Waals surface area contributed by atoms with Crippen molar-refractivity contribution in [2.75, 3.05) is 45.8 Å². The Kier molecular flexibility index (Phi) is 8.75. The molecule has 1 fully saturated rings. The minimum Gasteiger partial charge on any atom is -0.357 e. The number of nitrogens with one attached hydrogen (secondary N) is 3. The molecule has 2 rings (SSSR count). The van der Waals surface area contributed by atoms with E-state index in [4.69, 9.17) is 0 Å². The summed E-state index contributed by atoms with van der Waals surface area (Å²) in [6.45, 7) is 8.21. The van der Waals surface area contributed by atoms with Gasteiger partial charge in [0.1, 0.15) is 0 Å². The molecule has 138 valence electrons. The summed E-state index contributed by atoms with van der Waals surface area (Å²) in [6.07, 6.45) is 7.18. The molecular formula is C18H30N6O. The molecule has 1 saturated heterocycles. The Bertz CT molecular complexity index is 528. The van der Waals surface area contributed by atoms with Crippen LogP contribution in [0.3, 0.4) is 0 Å². The Morgan fingerprint density at radius 2 is 2.00 bits per heavy atom. The number of aromatic nitrogens is 1. The molecule has 1 aliphatic rings. The molecule has 0 saturated carbocycles. The van der Waals surface area contributed by atoms with Gasteiger partial charge in [0.25, 0.3) is 5.91 Å². The summed E-state index contributed by atoms with van der Waals surface area (Å²) in [7, 11) is 0. The van der Waals surface area contributed by atoms with Crippen molar-refractivity contribution in [3.63, 3.8) is 0 Å². The van der Waals surface area contributed by atoms with Gasteiger partial charge in [0.2, 0.25) is 0 Å². The van der Waals surface area contributed by atoms with Gasteiger partial charge < -0.3 is 20.9 Å². The van der Waals surface area contributed by atoms with Gasteiger partial charge in [-0.3, -0.25) is 14.8 Å². The Labute approximate surface area is 150 Å². The first-order valence-corrected chi connectivity index (χ1v) is 9.22. The summed E-state index contributed by atoms with van der Waals surface area (Å²) in [6, 6.07) is 3.51. The second-order valence-corrected chi connectivity index (χ2v) is 6.09. The highest BCUT2D eigenvalue weighted by atomic mass is 16.1. The first-order chi connectivity index (χ1) is 12.3. The van der Waals surface area contributed by atoms with Crippen LogP contribution in [0.1, 0.15) is 36.5 Å². The molecule has 0 atom stereocenters. The first kappa shape index (κ1) is 19.2. The number of nitrogens with zero attached hydrogens (tertiary/aromatic N) is 3. The zero-order valence-electron chi connectivity index (χ0n) is 15.1. The molecule has 0 aromatic carbocycles. The van der Waals surface area contributed by atoms with E-state index in [-0.39, 0.29) is 5.91 Å². The van der Waals surface area contributed by atoms with Gasteiger partial charge in [0.15, 0.2) is 5.96 Å². The van der Waals surface area contributed by atoms with Gasteiger partial charge in [-0.05, 0) is 45.0 Å². The molecule has 3 N–H and O–H groups in total. The summed E-state index contributed by atoms with van der Waals surface area (Å²) in [4.78, 5) is 23.0. The first-order valence-electron chi connectivity index (χ1n) is 9.22. The van der Waals surface area contributed by atoms with E-state index in [9.17, 15) is 4.79 Å². The van der Waals surface area contributed by atoms with Crippen molar-refractivity contribution in [2.45, 2.75) is 26.2 Å². The monoisotopic (exact) mass is 346 g/mol. The summed E-state index contributed by atoms with van der Waals surface area (Å²) in [5.41, 5.74) is 0.574. The molecular weight excluding hydrogens is 316 g/mol. The van der Waals surface area contributed by atoms with Crippen molar-refractivity contribution in [1.82, 2.24) is 25.8 Å². The third kappa shape index (κ3) is 7.51. The van der Waals surface area contributed by atoms with Gasteiger partial charge in [-0.2, -0.15) is 0 Å². The van der Waals surface area contributed by atoms with E-state index in [1.54, 1.807) is 24.5 Å². The molecule has 0 aliphatic carbocycles. The highest BCUT2D eigenvalue weighted by molar-refractivity contribution is 5.93. The molecule has 1 aliphatic heterocycles. The summed E-state index contributed by atoms with van der Waals surface area (Å²) in [5, 5.41) is 9.36. The standard InChI is InChI=1S/C18H30N6O/c1-2-20-18(23-11-14-24-12-4-3-5-13-24)22-10-9-21-17(25)16-7-6-8-19-15-16/h6-8,15H,2-5,9-14H2,1H3,(H,21,25)(H2,20,22,23). The van der Waals surface area contributed by atoms with E-state index in [2.05, 4.69) is 30.8 Å². The molecule has 1 amide bonds. The van der Waals surface area contributed by atoms with Gasteiger partial charge in [0, 0.05) is 38.6 Å². The lowest BCUT2D eigenvalue weighted by atomic mass is 10.1. The number of carbonyl (C=O) groups is 1. The third-order valence-electron chi connectivity index (χ3n) is 4.11. The van der Waals surface area contributed by atoms with Crippen LogP contribution >= 0.6 is 0 Å². The number of aliphatic imine (C=N–C) groups is 1. The van der Waals surface area contributed by atoms with Crippen LogP contribution in [0.5, 0.6) is 0 Å².